The summed E-state index contributed by atoms with van der Waals surface area (Å²) in [4.78, 5) is 10.6. The second-order valence-corrected chi connectivity index (χ2v) is 5.94. The molecule has 1 aliphatic carbocycles. The maximum absolute atomic E-state index is 10.6. The topological polar surface area (TPSA) is 81.5 Å². The van der Waals surface area contributed by atoms with Crippen LogP contribution in [0.3, 0.4) is 0 Å². The van der Waals surface area contributed by atoms with E-state index in [-0.39, 0.29) is 23.3 Å². The Bertz CT molecular complexity index is 396. The van der Waals surface area contributed by atoms with E-state index in [0.717, 1.165) is 12.1 Å². The van der Waals surface area contributed by atoms with E-state index in [9.17, 15) is 4.91 Å². The van der Waals surface area contributed by atoms with E-state index in [4.69, 9.17) is 11.5 Å². The van der Waals surface area contributed by atoms with Crippen LogP contribution in [0.25, 0.3) is 0 Å². The highest BCUT2D eigenvalue weighted by molar-refractivity contribution is 5.28. The lowest BCUT2D eigenvalue weighted by molar-refractivity contribution is 0.327. The lowest BCUT2D eigenvalue weighted by Crippen LogP contribution is -2.31. The van der Waals surface area contributed by atoms with Crippen LogP contribution < -0.4 is 11.5 Å². The number of hydrogen-bond acceptors (Lipinski definition) is 4. The van der Waals surface area contributed by atoms with Crippen molar-refractivity contribution in [3.05, 3.63) is 28.0 Å². The fraction of sp³-hybridized carbons (Fsp3) is 0.714. The van der Waals surface area contributed by atoms with Gasteiger partial charge >= 0.3 is 0 Å². The minimum absolute atomic E-state index is 0.0340. The van der Waals surface area contributed by atoms with Gasteiger partial charge in [0.2, 0.25) is 0 Å². The molecule has 0 saturated carbocycles. The maximum Gasteiger partial charge on any atom is 0.0971 e. The highest BCUT2D eigenvalue weighted by Gasteiger charge is 2.38. The van der Waals surface area contributed by atoms with Gasteiger partial charge in [-0.15, -0.1) is 0 Å². The molecule has 102 valence electrons. The van der Waals surface area contributed by atoms with Crippen LogP contribution in [-0.4, -0.2) is 6.04 Å². The molecule has 0 amide bonds. The van der Waals surface area contributed by atoms with Gasteiger partial charge in [0.1, 0.15) is 0 Å². The van der Waals surface area contributed by atoms with Crippen molar-refractivity contribution < 1.29 is 0 Å². The van der Waals surface area contributed by atoms with Crippen LogP contribution in [0.2, 0.25) is 0 Å². The zero-order valence-corrected chi connectivity index (χ0v) is 12.0. The molecule has 0 radical (unpaired) electrons. The summed E-state index contributed by atoms with van der Waals surface area (Å²) < 4.78 is 0. The summed E-state index contributed by atoms with van der Waals surface area (Å²) in [5.74, 6) is 0.109. The molecular formula is C14H25N3O. The number of rotatable bonds is 4. The molecule has 4 N–H and O–H groups in total. The summed E-state index contributed by atoms with van der Waals surface area (Å²) in [7, 11) is 0. The van der Waals surface area contributed by atoms with Gasteiger partial charge in [-0.05, 0) is 25.7 Å². The first-order chi connectivity index (χ1) is 8.23. The monoisotopic (exact) mass is 251 g/mol. The molecule has 0 saturated heterocycles. The highest BCUT2D eigenvalue weighted by atomic mass is 16.3. The van der Waals surface area contributed by atoms with Gasteiger partial charge in [-0.2, -0.15) is 4.91 Å². The predicted molar refractivity (Wildman–Crippen MR) is 75.5 cm³/mol. The van der Waals surface area contributed by atoms with Crippen LogP contribution in [0.5, 0.6) is 0 Å². The lowest BCUT2D eigenvalue weighted by Gasteiger charge is -2.32. The third kappa shape index (κ3) is 2.42. The molecule has 1 aliphatic rings. The first-order valence-electron chi connectivity index (χ1n) is 6.48. The van der Waals surface area contributed by atoms with E-state index in [0.29, 0.717) is 5.70 Å². The normalized spacial score (nSPS) is 27.2. The molecule has 4 nitrogen and oxygen atoms in total. The van der Waals surface area contributed by atoms with Gasteiger partial charge in [0.25, 0.3) is 0 Å². The van der Waals surface area contributed by atoms with Crippen LogP contribution in [0.15, 0.2) is 28.2 Å². The minimum Gasteiger partial charge on any atom is -0.400 e. The van der Waals surface area contributed by atoms with Gasteiger partial charge in [0.15, 0.2) is 0 Å². The fourth-order valence-electron chi connectivity index (χ4n) is 2.46. The predicted octanol–water partition coefficient (Wildman–Crippen LogP) is 2.90. The smallest absolute Gasteiger partial charge is 0.0971 e. The molecule has 0 bridgehead atoms. The van der Waals surface area contributed by atoms with E-state index in [1.807, 2.05) is 6.92 Å². The van der Waals surface area contributed by atoms with Crippen molar-refractivity contribution in [3.8, 4) is 0 Å². The summed E-state index contributed by atoms with van der Waals surface area (Å²) in [6.45, 7) is 10.2. The Balaban J connectivity index is 3.00. The fourth-order valence-corrected chi connectivity index (χ4v) is 2.46. The average molecular weight is 251 g/mol. The molecule has 4 heteroatoms. The van der Waals surface area contributed by atoms with Gasteiger partial charge in [0, 0.05) is 23.2 Å². The Hall–Kier alpha value is -1.32. The Morgan fingerprint density at radius 2 is 2.00 bits per heavy atom. The lowest BCUT2D eigenvalue weighted by atomic mass is 9.75. The van der Waals surface area contributed by atoms with Gasteiger partial charge in [0.05, 0.1) is 6.04 Å². The van der Waals surface area contributed by atoms with Crippen LogP contribution in [0.1, 0.15) is 41.0 Å². The van der Waals surface area contributed by atoms with Crippen molar-refractivity contribution in [3.63, 3.8) is 0 Å². The van der Waals surface area contributed by atoms with Crippen LogP contribution >= 0.6 is 0 Å². The SMILES string of the molecule is CC1=CCC(/C(N)=C(/N)C(C)C(C)N=O)C1(C)C. The Morgan fingerprint density at radius 1 is 1.44 bits per heavy atom. The summed E-state index contributed by atoms with van der Waals surface area (Å²) in [5.41, 5.74) is 15.1. The molecule has 0 heterocycles. The number of nitrogens with zero attached hydrogens (tertiary/aromatic N) is 1. The highest BCUT2D eigenvalue weighted by Crippen LogP contribution is 2.46. The molecule has 0 aliphatic heterocycles. The van der Waals surface area contributed by atoms with Crippen molar-refractivity contribution in [1.82, 2.24) is 0 Å². The maximum atomic E-state index is 10.6. The quantitative estimate of drug-likeness (QED) is 0.595. The van der Waals surface area contributed by atoms with Gasteiger partial charge in [-0.25, -0.2) is 0 Å². The standard InChI is InChI=1S/C14H25N3O/c1-8-6-7-11(14(8,4)5)13(16)12(15)9(2)10(3)17-18/h6,9-11H,7,15-16H2,1-5H3/b13-12-. The van der Waals surface area contributed by atoms with Gasteiger partial charge in [-0.3, -0.25) is 0 Å². The van der Waals surface area contributed by atoms with Crippen molar-refractivity contribution in [2.75, 3.05) is 0 Å². The van der Waals surface area contributed by atoms with E-state index in [1.165, 1.54) is 5.57 Å². The van der Waals surface area contributed by atoms with Crippen molar-refractivity contribution >= 4 is 0 Å². The molecule has 3 unspecified atom stereocenters. The number of nitroso groups, excluding NO2 is 1. The van der Waals surface area contributed by atoms with E-state index in [1.54, 1.807) is 6.92 Å². The van der Waals surface area contributed by atoms with Crippen LogP contribution in [0, 0.1) is 22.2 Å². The van der Waals surface area contributed by atoms with Crippen molar-refractivity contribution in [2.24, 2.45) is 33.9 Å². The largest absolute Gasteiger partial charge is 0.400 e. The minimum atomic E-state index is -0.345. The molecule has 0 aromatic heterocycles. The molecule has 18 heavy (non-hydrogen) atoms. The third-order valence-electron chi connectivity index (χ3n) is 4.64. The molecule has 1 rings (SSSR count). The van der Waals surface area contributed by atoms with Gasteiger partial charge in [-0.1, -0.05) is 37.6 Å². The van der Waals surface area contributed by atoms with Crippen molar-refractivity contribution in [2.45, 2.75) is 47.1 Å². The first kappa shape index (κ1) is 14.7. The number of allylic oxidation sites excluding steroid dienone is 3. The first-order valence-corrected chi connectivity index (χ1v) is 6.48. The zero-order valence-electron chi connectivity index (χ0n) is 12.0. The van der Waals surface area contributed by atoms with E-state index >= 15 is 0 Å². The summed E-state index contributed by atoms with van der Waals surface area (Å²) in [6, 6.07) is -0.345. The Labute approximate surface area is 109 Å². The van der Waals surface area contributed by atoms with Gasteiger partial charge < -0.3 is 11.5 Å². The van der Waals surface area contributed by atoms with E-state index in [2.05, 4.69) is 32.0 Å². The molecule has 3 atom stereocenters. The number of hydrogen-bond donors (Lipinski definition) is 2. The molecule has 0 aromatic carbocycles. The Morgan fingerprint density at radius 3 is 2.39 bits per heavy atom. The summed E-state index contributed by atoms with van der Waals surface area (Å²) >= 11 is 0. The zero-order chi connectivity index (χ0) is 14.1. The second-order valence-electron chi connectivity index (χ2n) is 5.94. The van der Waals surface area contributed by atoms with Crippen LogP contribution in [0.4, 0.5) is 0 Å². The average Bonchev–Trinajstić information content (AvgIpc) is 2.60. The Kier molecular flexibility index (Phi) is 4.20. The summed E-state index contributed by atoms with van der Waals surface area (Å²) in [5, 5.41) is 3.04. The second kappa shape index (κ2) is 5.12. The molecule has 0 fully saturated rings. The van der Waals surface area contributed by atoms with E-state index < -0.39 is 0 Å². The van der Waals surface area contributed by atoms with Crippen molar-refractivity contribution in [1.29, 1.82) is 0 Å². The third-order valence-corrected chi connectivity index (χ3v) is 4.64. The molecular weight excluding hydrogens is 226 g/mol. The van der Waals surface area contributed by atoms with Crippen LogP contribution in [-0.2, 0) is 0 Å². The molecule has 0 spiro atoms. The molecule has 0 aromatic rings. The summed E-state index contributed by atoms with van der Waals surface area (Å²) in [6.07, 6.45) is 3.14. The number of nitrogens with two attached hydrogens (primary N) is 2.